The molecular formula is C18H15F2N3O2. The molecule has 0 aliphatic rings. The van der Waals surface area contributed by atoms with Gasteiger partial charge in [-0.05, 0) is 24.1 Å². The number of hydrogen-bond donors (Lipinski definition) is 2. The molecule has 3 aromatic rings. The highest BCUT2D eigenvalue weighted by molar-refractivity contribution is 6.04. The summed E-state index contributed by atoms with van der Waals surface area (Å²) in [4.78, 5) is 15.9. The van der Waals surface area contributed by atoms with Crippen LogP contribution in [0.15, 0.2) is 49.3 Å². The van der Waals surface area contributed by atoms with Gasteiger partial charge in [0.05, 0.1) is 12.1 Å². The number of rotatable bonds is 5. The van der Waals surface area contributed by atoms with Gasteiger partial charge in [0, 0.05) is 29.4 Å². The number of halogens is 2. The normalized spacial score (nSPS) is 10.8. The molecule has 0 spiro atoms. The third kappa shape index (κ3) is 3.14. The Morgan fingerprint density at radius 2 is 2.12 bits per heavy atom. The largest absolute Gasteiger partial charge is 0.341 e. The fraction of sp³-hybridized carbons (Fsp3) is 0.111. The first-order valence-electron chi connectivity index (χ1n) is 7.51. The number of aromatic nitrogens is 2. The first kappa shape index (κ1) is 16.8. The fourth-order valence-corrected chi connectivity index (χ4v) is 2.82. The van der Waals surface area contributed by atoms with Gasteiger partial charge >= 0.3 is 0 Å². The maximum Gasteiger partial charge on any atom is 0.295 e. The molecule has 0 radical (unpaired) electrons. The van der Waals surface area contributed by atoms with Crippen molar-refractivity contribution in [2.24, 2.45) is 0 Å². The number of nitrogens with one attached hydrogen (secondary N) is 1. The third-order valence-electron chi connectivity index (χ3n) is 3.91. The summed E-state index contributed by atoms with van der Waals surface area (Å²) < 4.78 is 28.8. The molecule has 0 aliphatic heterocycles. The highest BCUT2D eigenvalue weighted by Crippen LogP contribution is 2.26. The van der Waals surface area contributed by atoms with Crippen LogP contribution in [0.25, 0.3) is 10.9 Å². The molecule has 1 aromatic carbocycles. The Balaban J connectivity index is 2.19. The van der Waals surface area contributed by atoms with Gasteiger partial charge in [-0.2, -0.15) is 0 Å². The topological polar surface area (TPSA) is 67.2 Å². The summed E-state index contributed by atoms with van der Waals surface area (Å²) in [6, 6.07) is 5.07. The molecule has 2 N–H and O–H groups in total. The quantitative estimate of drug-likeness (QED) is 0.425. The molecule has 5 nitrogen and oxygen atoms in total. The van der Waals surface area contributed by atoms with Crippen molar-refractivity contribution >= 4 is 16.8 Å². The zero-order valence-electron chi connectivity index (χ0n) is 13.2. The van der Waals surface area contributed by atoms with Gasteiger partial charge in [0.15, 0.2) is 5.69 Å². The van der Waals surface area contributed by atoms with Gasteiger partial charge in [0.2, 0.25) is 0 Å². The van der Waals surface area contributed by atoms with E-state index in [4.69, 9.17) is 5.21 Å². The molecule has 25 heavy (non-hydrogen) atoms. The summed E-state index contributed by atoms with van der Waals surface area (Å²) in [6.45, 7) is 3.79. The van der Waals surface area contributed by atoms with Crippen LogP contribution in [0.1, 0.15) is 21.6 Å². The van der Waals surface area contributed by atoms with E-state index in [1.165, 1.54) is 18.3 Å². The van der Waals surface area contributed by atoms with Crippen molar-refractivity contribution in [1.82, 2.24) is 15.0 Å². The van der Waals surface area contributed by atoms with Gasteiger partial charge in [0.1, 0.15) is 11.6 Å². The number of nitrogens with zero attached hydrogens (tertiary/aromatic N) is 2. The second-order valence-electron chi connectivity index (χ2n) is 5.51. The van der Waals surface area contributed by atoms with Crippen LogP contribution < -0.4 is 5.48 Å². The summed E-state index contributed by atoms with van der Waals surface area (Å²) in [5, 5.41) is 9.69. The van der Waals surface area contributed by atoms with Gasteiger partial charge in [0.25, 0.3) is 5.91 Å². The zero-order chi connectivity index (χ0) is 18.0. The van der Waals surface area contributed by atoms with E-state index >= 15 is 0 Å². The van der Waals surface area contributed by atoms with E-state index in [9.17, 15) is 13.6 Å². The summed E-state index contributed by atoms with van der Waals surface area (Å²) in [5.74, 6) is -2.10. The van der Waals surface area contributed by atoms with Crippen molar-refractivity contribution in [3.63, 3.8) is 0 Å². The van der Waals surface area contributed by atoms with Gasteiger partial charge < -0.3 is 4.57 Å². The second-order valence-corrected chi connectivity index (χ2v) is 5.51. The van der Waals surface area contributed by atoms with Crippen molar-refractivity contribution in [2.75, 3.05) is 0 Å². The summed E-state index contributed by atoms with van der Waals surface area (Å²) in [7, 11) is 0. The van der Waals surface area contributed by atoms with Gasteiger partial charge in [-0.1, -0.05) is 12.1 Å². The number of hydrogen-bond acceptors (Lipinski definition) is 3. The lowest BCUT2D eigenvalue weighted by Crippen LogP contribution is -2.21. The predicted octanol–water partition coefficient (Wildman–Crippen LogP) is 3.21. The van der Waals surface area contributed by atoms with Gasteiger partial charge in [-0.3, -0.25) is 10.0 Å². The lowest BCUT2D eigenvalue weighted by Gasteiger charge is -2.09. The molecule has 2 heterocycles. The Bertz CT molecular complexity index is 966. The molecule has 2 aromatic heterocycles. The standard InChI is InChI=1S/C18H15F2N3O2/c1-2-3-11-9-23(10-12-4-5-13(19)8-15(12)20)17-14(11)6-7-21-16(17)18(24)22-25/h2,4-9,25H,1,3,10H2,(H,22,24). The molecule has 0 fully saturated rings. The van der Waals surface area contributed by atoms with Crippen molar-refractivity contribution < 1.29 is 18.8 Å². The van der Waals surface area contributed by atoms with Crippen LogP contribution in [0.4, 0.5) is 8.78 Å². The Morgan fingerprint density at radius 3 is 2.80 bits per heavy atom. The van der Waals surface area contributed by atoms with Gasteiger partial charge in [-0.15, -0.1) is 6.58 Å². The van der Waals surface area contributed by atoms with Crippen LogP contribution in [0.2, 0.25) is 0 Å². The van der Waals surface area contributed by atoms with Crippen LogP contribution in [0, 0.1) is 11.6 Å². The number of carbonyl (C=O) groups is 1. The SMILES string of the molecule is C=CCc1cn(Cc2ccc(F)cc2F)c2c(C(=O)NO)nccc12. The Labute approximate surface area is 142 Å². The summed E-state index contributed by atoms with van der Waals surface area (Å²) in [5.41, 5.74) is 3.17. The first-order valence-corrected chi connectivity index (χ1v) is 7.51. The van der Waals surface area contributed by atoms with Crippen LogP contribution in [-0.2, 0) is 13.0 Å². The van der Waals surface area contributed by atoms with E-state index in [0.717, 1.165) is 17.0 Å². The molecule has 7 heteroatoms. The van der Waals surface area contributed by atoms with Crippen molar-refractivity contribution in [3.05, 3.63) is 77.8 Å². The number of fused-ring (bicyclic) bond motifs is 1. The molecule has 0 bridgehead atoms. The van der Waals surface area contributed by atoms with Crippen molar-refractivity contribution in [2.45, 2.75) is 13.0 Å². The summed E-state index contributed by atoms with van der Waals surface area (Å²) >= 11 is 0. The number of benzene rings is 1. The Morgan fingerprint density at radius 1 is 1.32 bits per heavy atom. The number of amides is 1. The van der Waals surface area contributed by atoms with E-state index in [1.807, 2.05) is 0 Å². The predicted molar refractivity (Wildman–Crippen MR) is 88.3 cm³/mol. The number of carbonyl (C=O) groups excluding carboxylic acids is 1. The van der Waals surface area contributed by atoms with Crippen molar-refractivity contribution in [3.8, 4) is 0 Å². The van der Waals surface area contributed by atoms with E-state index in [-0.39, 0.29) is 17.8 Å². The number of allylic oxidation sites excluding steroid dienone is 1. The van der Waals surface area contributed by atoms with E-state index in [0.29, 0.717) is 11.9 Å². The first-order chi connectivity index (χ1) is 12.0. The molecule has 0 saturated heterocycles. The average Bonchev–Trinajstić information content (AvgIpc) is 2.95. The van der Waals surface area contributed by atoms with E-state index in [1.54, 1.807) is 28.4 Å². The molecule has 0 atom stereocenters. The lowest BCUT2D eigenvalue weighted by atomic mass is 10.1. The summed E-state index contributed by atoms with van der Waals surface area (Å²) in [6.07, 6.45) is 5.48. The lowest BCUT2D eigenvalue weighted by molar-refractivity contribution is 0.0702. The Kier molecular flexibility index (Phi) is 4.58. The number of hydroxylamine groups is 1. The monoisotopic (exact) mass is 343 g/mol. The van der Waals surface area contributed by atoms with Crippen LogP contribution in [0.3, 0.4) is 0 Å². The minimum Gasteiger partial charge on any atom is -0.341 e. The minimum absolute atomic E-state index is 0.0119. The minimum atomic E-state index is -0.769. The molecule has 0 saturated carbocycles. The molecule has 128 valence electrons. The molecule has 3 rings (SSSR count). The molecular weight excluding hydrogens is 328 g/mol. The van der Waals surface area contributed by atoms with Crippen molar-refractivity contribution in [1.29, 1.82) is 0 Å². The Hall–Kier alpha value is -3.06. The zero-order valence-corrected chi connectivity index (χ0v) is 13.2. The average molecular weight is 343 g/mol. The third-order valence-corrected chi connectivity index (χ3v) is 3.91. The number of pyridine rings is 1. The van der Waals surface area contributed by atoms with Gasteiger partial charge in [-0.25, -0.2) is 19.2 Å². The highest BCUT2D eigenvalue weighted by Gasteiger charge is 2.18. The second kappa shape index (κ2) is 6.82. The van der Waals surface area contributed by atoms with Crippen LogP contribution >= 0.6 is 0 Å². The highest BCUT2D eigenvalue weighted by atomic mass is 19.1. The van der Waals surface area contributed by atoms with Crippen LogP contribution in [-0.4, -0.2) is 20.7 Å². The maximum atomic E-state index is 14.0. The fourth-order valence-electron chi connectivity index (χ4n) is 2.82. The van der Waals surface area contributed by atoms with E-state index in [2.05, 4.69) is 11.6 Å². The molecule has 0 unspecified atom stereocenters. The smallest absolute Gasteiger partial charge is 0.295 e. The maximum absolute atomic E-state index is 14.0. The molecule has 1 amide bonds. The van der Waals surface area contributed by atoms with Crippen LogP contribution in [0.5, 0.6) is 0 Å². The molecule has 0 aliphatic carbocycles. The van der Waals surface area contributed by atoms with E-state index < -0.39 is 17.5 Å².